The van der Waals surface area contributed by atoms with Gasteiger partial charge in [0.05, 0.1) is 0 Å². The van der Waals surface area contributed by atoms with Gasteiger partial charge in [-0.05, 0) is 18.8 Å². The zero-order valence-corrected chi connectivity index (χ0v) is 9.23. The van der Waals surface area contributed by atoms with Crippen LogP contribution in [0.5, 0.6) is 0 Å². The number of alkyl halides is 1. The van der Waals surface area contributed by atoms with Crippen molar-refractivity contribution < 1.29 is 0 Å². The summed E-state index contributed by atoms with van der Waals surface area (Å²) in [4.78, 5) is 0.632. The molecule has 0 fully saturated rings. The van der Waals surface area contributed by atoms with Crippen LogP contribution in [0.3, 0.4) is 0 Å². The Labute approximate surface area is 79.2 Å². The molecule has 0 aromatic heterocycles. The fraction of sp³-hybridized carbons (Fsp3) is 0.800. The third-order valence-electron chi connectivity index (χ3n) is 2.05. The standard InChI is InChI=1S/C10H19Br/c1-4-6-8-10(7-5-2)9(3)11/h5,9-10H,2,4,6-8H2,1,3H3/t9-,10?/m1/s1. The van der Waals surface area contributed by atoms with Gasteiger partial charge in [-0.3, -0.25) is 0 Å². The number of unbranched alkanes of at least 4 members (excludes halogenated alkanes) is 1. The highest BCUT2D eigenvalue weighted by Crippen LogP contribution is 2.22. The fourth-order valence-corrected chi connectivity index (χ4v) is 1.70. The first kappa shape index (κ1) is 11.2. The van der Waals surface area contributed by atoms with Gasteiger partial charge in [0.15, 0.2) is 0 Å². The van der Waals surface area contributed by atoms with E-state index in [2.05, 4.69) is 36.4 Å². The molecule has 2 atom stereocenters. The van der Waals surface area contributed by atoms with Crippen molar-refractivity contribution in [3.8, 4) is 0 Å². The zero-order valence-electron chi connectivity index (χ0n) is 7.65. The molecule has 0 amide bonds. The van der Waals surface area contributed by atoms with E-state index >= 15 is 0 Å². The molecule has 0 rings (SSSR count). The minimum atomic E-state index is 0.632. The Bertz CT molecular complexity index is 97.0. The van der Waals surface area contributed by atoms with Crippen LogP contribution in [-0.4, -0.2) is 4.83 Å². The van der Waals surface area contributed by atoms with Crippen molar-refractivity contribution in [2.24, 2.45) is 5.92 Å². The predicted octanol–water partition coefficient (Wildman–Crippen LogP) is 4.15. The molecule has 0 bridgehead atoms. The monoisotopic (exact) mass is 218 g/mol. The van der Waals surface area contributed by atoms with E-state index in [1.807, 2.05) is 6.08 Å². The van der Waals surface area contributed by atoms with Crippen LogP contribution in [0.4, 0.5) is 0 Å². The van der Waals surface area contributed by atoms with E-state index < -0.39 is 0 Å². The predicted molar refractivity (Wildman–Crippen MR) is 56.2 cm³/mol. The maximum atomic E-state index is 3.77. The number of hydrogen-bond acceptors (Lipinski definition) is 0. The molecule has 11 heavy (non-hydrogen) atoms. The molecule has 0 aromatic rings. The second-order valence-corrected chi connectivity index (χ2v) is 4.55. The third kappa shape index (κ3) is 5.49. The smallest absolute Gasteiger partial charge is 0.0148 e. The van der Waals surface area contributed by atoms with Crippen LogP contribution in [0.2, 0.25) is 0 Å². The molecule has 1 heteroatoms. The lowest BCUT2D eigenvalue weighted by Crippen LogP contribution is -2.09. The van der Waals surface area contributed by atoms with Crippen molar-refractivity contribution in [3.63, 3.8) is 0 Å². The highest BCUT2D eigenvalue weighted by atomic mass is 79.9. The first-order chi connectivity index (χ1) is 5.22. The summed E-state index contributed by atoms with van der Waals surface area (Å²) in [6.07, 6.45) is 7.14. The highest BCUT2D eigenvalue weighted by molar-refractivity contribution is 9.09. The Morgan fingerprint density at radius 1 is 1.55 bits per heavy atom. The summed E-state index contributed by atoms with van der Waals surface area (Å²) in [7, 11) is 0. The lowest BCUT2D eigenvalue weighted by Gasteiger charge is -2.16. The molecular formula is C10H19Br. The van der Waals surface area contributed by atoms with Crippen molar-refractivity contribution in [1.29, 1.82) is 0 Å². The summed E-state index contributed by atoms with van der Waals surface area (Å²) >= 11 is 3.62. The van der Waals surface area contributed by atoms with E-state index in [-0.39, 0.29) is 0 Å². The fourth-order valence-electron chi connectivity index (χ4n) is 1.22. The molecule has 0 spiro atoms. The molecule has 0 radical (unpaired) electrons. The third-order valence-corrected chi connectivity index (χ3v) is 2.80. The van der Waals surface area contributed by atoms with Crippen LogP contribution in [0.25, 0.3) is 0 Å². The lowest BCUT2D eigenvalue weighted by molar-refractivity contribution is 0.471. The van der Waals surface area contributed by atoms with Crippen molar-refractivity contribution >= 4 is 15.9 Å². The van der Waals surface area contributed by atoms with Gasteiger partial charge >= 0.3 is 0 Å². The molecule has 0 aliphatic rings. The summed E-state index contributed by atoms with van der Waals surface area (Å²) in [6.45, 7) is 8.24. The maximum absolute atomic E-state index is 3.77. The molecule has 0 aromatic carbocycles. The molecule has 0 saturated carbocycles. The molecule has 0 aliphatic carbocycles. The molecule has 66 valence electrons. The summed E-state index contributed by atoms with van der Waals surface area (Å²) in [5, 5.41) is 0. The maximum Gasteiger partial charge on any atom is 0.0148 e. The molecule has 0 N–H and O–H groups in total. The molecule has 0 saturated heterocycles. The summed E-state index contributed by atoms with van der Waals surface area (Å²) in [5.41, 5.74) is 0. The van der Waals surface area contributed by atoms with Crippen molar-refractivity contribution in [2.45, 2.75) is 44.4 Å². The van der Waals surface area contributed by atoms with Gasteiger partial charge in [-0.1, -0.05) is 48.7 Å². The van der Waals surface area contributed by atoms with Crippen LogP contribution in [0.15, 0.2) is 12.7 Å². The molecule has 0 heterocycles. The SMILES string of the molecule is C=CCC(CCCC)[C@@H](C)Br. The Balaban J connectivity index is 3.59. The Morgan fingerprint density at radius 2 is 2.18 bits per heavy atom. The lowest BCUT2D eigenvalue weighted by atomic mass is 9.96. The Kier molecular flexibility index (Phi) is 7.04. The first-order valence-electron chi connectivity index (χ1n) is 4.47. The van der Waals surface area contributed by atoms with Gasteiger partial charge in [0.25, 0.3) is 0 Å². The molecule has 0 nitrogen and oxygen atoms in total. The largest absolute Gasteiger partial charge is 0.103 e. The van der Waals surface area contributed by atoms with Crippen LogP contribution in [-0.2, 0) is 0 Å². The van der Waals surface area contributed by atoms with Crippen LogP contribution < -0.4 is 0 Å². The first-order valence-corrected chi connectivity index (χ1v) is 5.38. The summed E-state index contributed by atoms with van der Waals surface area (Å²) in [6, 6.07) is 0. The zero-order chi connectivity index (χ0) is 8.69. The van der Waals surface area contributed by atoms with Gasteiger partial charge in [-0.25, -0.2) is 0 Å². The number of allylic oxidation sites excluding steroid dienone is 1. The van der Waals surface area contributed by atoms with Crippen LogP contribution in [0.1, 0.15) is 39.5 Å². The normalized spacial score (nSPS) is 15.9. The second-order valence-electron chi connectivity index (χ2n) is 3.10. The van der Waals surface area contributed by atoms with E-state index in [1.54, 1.807) is 0 Å². The second kappa shape index (κ2) is 6.90. The summed E-state index contributed by atoms with van der Waals surface area (Å²) in [5.74, 6) is 0.785. The van der Waals surface area contributed by atoms with Crippen LogP contribution in [0, 0.1) is 5.92 Å². The van der Waals surface area contributed by atoms with Gasteiger partial charge in [0, 0.05) is 4.83 Å². The average molecular weight is 219 g/mol. The van der Waals surface area contributed by atoms with E-state index in [4.69, 9.17) is 0 Å². The van der Waals surface area contributed by atoms with E-state index in [0.717, 1.165) is 12.3 Å². The Hall–Kier alpha value is 0.220. The minimum Gasteiger partial charge on any atom is -0.103 e. The molecule has 1 unspecified atom stereocenters. The van der Waals surface area contributed by atoms with Gasteiger partial charge in [0.2, 0.25) is 0 Å². The quantitative estimate of drug-likeness (QED) is 0.465. The molecule has 0 aliphatic heterocycles. The van der Waals surface area contributed by atoms with E-state index in [9.17, 15) is 0 Å². The van der Waals surface area contributed by atoms with Gasteiger partial charge in [-0.15, -0.1) is 6.58 Å². The molecular weight excluding hydrogens is 200 g/mol. The Morgan fingerprint density at radius 3 is 2.55 bits per heavy atom. The van der Waals surface area contributed by atoms with E-state index in [1.165, 1.54) is 19.3 Å². The van der Waals surface area contributed by atoms with Crippen molar-refractivity contribution in [3.05, 3.63) is 12.7 Å². The van der Waals surface area contributed by atoms with Gasteiger partial charge < -0.3 is 0 Å². The average Bonchev–Trinajstić information content (AvgIpc) is 1.97. The topological polar surface area (TPSA) is 0 Å². The summed E-state index contributed by atoms with van der Waals surface area (Å²) < 4.78 is 0. The number of hydrogen-bond donors (Lipinski definition) is 0. The van der Waals surface area contributed by atoms with Crippen LogP contribution >= 0.6 is 15.9 Å². The number of rotatable bonds is 6. The number of halogens is 1. The minimum absolute atomic E-state index is 0.632. The van der Waals surface area contributed by atoms with Gasteiger partial charge in [0.1, 0.15) is 0 Å². The van der Waals surface area contributed by atoms with E-state index in [0.29, 0.717) is 4.83 Å². The van der Waals surface area contributed by atoms with Crippen molar-refractivity contribution in [1.82, 2.24) is 0 Å². The van der Waals surface area contributed by atoms with Gasteiger partial charge in [-0.2, -0.15) is 0 Å². The highest BCUT2D eigenvalue weighted by Gasteiger charge is 2.11. The van der Waals surface area contributed by atoms with Crippen molar-refractivity contribution in [2.75, 3.05) is 0 Å².